The van der Waals surface area contributed by atoms with Gasteiger partial charge in [0, 0.05) is 19.5 Å². The lowest BCUT2D eigenvalue weighted by atomic mass is 9.98. The van der Waals surface area contributed by atoms with Crippen LogP contribution < -0.4 is 15.8 Å². The number of hydrogen-bond acceptors (Lipinski definition) is 4. The molecule has 0 saturated carbocycles. The van der Waals surface area contributed by atoms with E-state index in [0.717, 1.165) is 5.56 Å². The summed E-state index contributed by atoms with van der Waals surface area (Å²) in [6.45, 7) is 0.656. The van der Waals surface area contributed by atoms with Crippen molar-refractivity contribution in [1.82, 2.24) is 10.6 Å². The zero-order chi connectivity index (χ0) is 15.5. The van der Waals surface area contributed by atoms with Gasteiger partial charge in [-0.1, -0.05) is 12.1 Å². The van der Waals surface area contributed by atoms with E-state index in [9.17, 15) is 18.0 Å². The molecule has 1 unspecified atom stereocenters. The van der Waals surface area contributed by atoms with Gasteiger partial charge in [-0.05, 0) is 24.1 Å². The van der Waals surface area contributed by atoms with Gasteiger partial charge in [-0.25, -0.2) is 13.6 Å². The first-order valence-corrected chi connectivity index (χ1v) is 8.07. The Morgan fingerprint density at radius 2 is 2.00 bits per heavy atom. The molecule has 1 aromatic rings. The van der Waals surface area contributed by atoms with Crippen LogP contribution in [-0.4, -0.2) is 26.8 Å². The van der Waals surface area contributed by atoms with Gasteiger partial charge in [0.2, 0.25) is 21.8 Å². The van der Waals surface area contributed by atoms with Crippen molar-refractivity contribution in [2.24, 2.45) is 11.1 Å². The number of sulfonamides is 1. The fourth-order valence-corrected chi connectivity index (χ4v) is 2.60. The molecule has 0 spiro atoms. The molecule has 1 heterocycles. The maximum Gasteiger partial charge on any atom is 0.238 e. The largest absolute Gasteiger partial charge is 0.355 e. The highest BCUT2D eigenvalue weighted by Gasteiger charge is 2.23. The molecule has 1 saturated heterocycles. The Labute approximate surface area is 123 Å². The Balaban J connectivity index is 1.88. The zero-order valence-electron chi connectivity index (χ0n) is 11.3. The van der Waals surface area contributed by atoms with Crippen LogP contribution in [0.25, 0.3) is 0 Å². The van der Waals surface area contributed by atoms with E-state index in [-0.39, 0.29) is 22.6 Å². The van der Waals surface area contributed by atoms with E-state index < -0.39 is 10.0 Å². The predicted molar refractivity (Wildman–Crippen MR) is 75.4 cm³/mol. The van der Waals surface area contributed by atoms with Crippen LogP contribution in [0.15, 0.2) is 29.2 Å². The highest BCUT2D eigenvalue weighted by molar-refractivity contribution is 7.89. The van der Waals surface area contributed by atoms with Gasteiger partial charge in [-0.2, -0.15) is 0 Å². The third-order valence-corrected chi connectivity index (χ3v) is 4.28. The topological polar surface area (TPSA) is 118 Å². The number of primary sulfonamides is 1. The first-order valence-electron chi connectivity index (χ1n) is 6.52. The van der Waals surface area contributed by atoms with Crippen molar-refractivity contribution in [3.63, 3.8) is 0 Å². The SMILES string of the molecule is NS(=O)(=O)c1ccc(CNC(=O)C2CCC(=O)NC2)cc1. The van der Waals surface area contributed by atoms with Crippen molar-refractivity contribution in [2.45, 2.75) is 24.3 Å². The molecule has 1 fully saturated rings. The minimum absolute atomic E-state index is 0.0300. The fraction of sp³-hybridized carbons (Fsp3) is 0.385. The number of piperidine rings is 1. The normalized spacial score (nSPS) is 18.9. The van der Waals surface area contributed by atoms with Crippen LogP contribution in [0.4, 0.5) is 0 Å². The smallest absolute Gasteiger partial charge is 0.238 e. The molecule has 1 aliphatic heterocycles. The van der Waals surface area contributed by atoms with E-state index in [1.165, 1.54) is 12.1 Å². The molecule has 1 aliphatic rings. The molecule has 114 valence electrons. The lowest BCUT2D eigenvalue weighted by Crippen LogP contribution is -2.42. The van der Waals surface area contributed by atoms with Crippen molar-refractivity contribution in [1.29, 1.82) is 0 Å². The Bertz CT molecular complexity index is 630. The molecule has 1 aromatic carbocycles. The number of carbonyl (C=O) groups excluding carboxylic acids is 2. The number of nitrogens with one attached hydrogen (secondary N) is 2. The number of amides is 2. The molecule has 0 aromatic heterocycles. The van der Waals surface area contributed by atoms with E-state index in [1.54, 1.807) is 12.1 Å². The molecule has 7 nitrogen and oxygen atoms in total. The average Bonchev–Trinajstić information content (AvgIpc) is 2.45. The van der Waals surface area contributed by atoms with Crippen molar-refractivity contribution in [3.05, 3.63) is 29.8 Å². The molecule has 21 heavy (non-hydrogen) atoms. The van der Waals surface area contributed by atoms with Gasteiger partial charge < -0.3 is 10.6 Å². The van der Waals surface area contributed by atoms with Gasteiger partial charge in [0.15, 0.2) is 0 Å². The molecule has 0 aliphatic carbocycles. The van der Waals surface area contributed by atoms with Gasteiger partial charge in [-0.15, -0.1) is 0 Å². The minimum atomic E-state index is -3.70. The molecule has 0 radical (unpaired) electrons. The van der Waals surface area contributed by atoms with Crippen molar-refractivity contribution < 1.29 is 18.0 Å². The van der Waals surface area contributed by atoms with Crippen LogP contribution in [0, 0.1) is 5.92 Å². The predicted octanol–water partition coefficient (Wildman–Crippen LogP) is -0.524. The maximum absolute atomic E-state index is 11.9. The van der Waals surface area contributed by atoms with Gasteiger partial charge in [-0.3, -0.25) is 9.59 Å². The summed E-state index contributed by atoms with van der Waals surface area (Å²) in [5.41, 5.74) is 0.774. The monoisotopic (exact) mass is 311 g/mol. The van der Waals surface area contributed by atoms with Crippen LogP contribution in [0.2, 0.25) is 0 Å². The van der Waals surface area contributed by atoms with Crippen molar-refractivity contribution in [3.8, 4) is 0 Å². The molecule has 8 heteroatoms. The van der Waals surface area contributed by atoms with Crippen LogP contribution in [-0.2, 0) is 26.2 Å². The van der Waals surface area contributed by atoms with E-state index in [0.29, 0.717) is 25.9 Å². The highest BCUT2D eigenvalue weighted by Crippen LogP contribution is 2.12. The van der Waals surface area contributed by atoms with Crippen molar-refractivity contribution >= 4 is 21.8 Å². The van der Waals surface area contributed by atoms with Crippen molar-refractivity contribution in [2.75, 3.05) is 6.54 Å². The molecule has 0 bridgehead atoms. The second kappa shape index (κ2) is 6.23. The summed E-state index contributed by atoms with van der Waals surface area (Å²) in [5, 5.41) is 10.4. The average molecular weight is 311 g/mol. The summed E-state index contributed by atoms with van der Waals surface area (Å²) in [4.78, 5) is 23.0. The second-order valence-electron chi connectivity index (χ2n) is 4.95. The molecular weight excluding hydrogens is 294 g/mol. The van der Waals surface area contributed by atoms with Gasteiger partial charge in [0.1, 0.15) is 0 Å². The number of benzene rings is 1. The van der Waals surface area contributed by atoms with E-state index in [2.05, 4.69) is 10.6 Å². The molecule has 4 N–H and O–H groups in total. The first-order chi connectivity index (χ1) is 9.86. The minimum Gasteiger partial charge on any atom is -0.355 e. The third kappa shape index (κ3) is 4.27. The molecule has 2 amide bonds. The maximum atomic E-state index is 11.9. The van der Waals surface area contributed by atoms with Gasteiger partial charge in [0.25, 0.3) is 0 Å². The Morgan fingerprint density at radius 1 is 1.33 bits per heavy atom. The number of carbonyl (C=O) groups is 2. The van der Waals surface area contributed by atoms with Gasteiger partial charge in [0.05, 0.1) is 10.8 Å². The number of nitrogens with two attached hydrogens (primary N) is 1. The van der Waals surface area contributed by atoms with Crippen LogP contribution >= 0.6 is 0 Å². The van der Waals surface area contributed by atoms with E-state index in [1.807, 2.05) is 0 Å². The Kier molecular flexibility index (Phi) is 4.59. The summed E-state index contributed by atoms with van der Waals surface area (Å²) in [6, 6.07) is 6.00. The first kappa shape index (κ1) is 15.5. The van der Waals surface area contributed by atoms with Crippen LogP contribution in [0.5, 0.6) is 0 Å². The molecule has 2 rings (SSSR count). The number of hydrogen-bond donors (Lipinski definition) is 3. The summed E-state index contributed by atoms with van der Waals surface area (Å²) in [6.07, 6.45) is 0.906. The van der Waals surface area contributed by atoms with Gasteiger partial charge >= 0.3 is 0 Å². The van der Waals surface area contributed by atoms with E-state index >= 15 is 0 Å². The summed E-state index contributed by atoms with van der Waals surface area (Å²) < 4.78 is 22.2. The lowest BCUT2D eigenvalue weighted by Gasteiger charge is -2.21. The Morgan fingerprint density at radius 3 is 2.52 bits per heavy atom. The Hall–Kier alpha value is -1.93. The highest BCUT2D eigenvalue weighted by atomic mass is 32.2. The second-order valence-corrected chi connectivity index (χ2v) is 6.51. The number of rotatable bonds is 4. The molecule has 1 atom stereocenters. The fourth-order valence-electron chi connectivity index (χ4n) is 2.09. The van der Waals surface area contributed by atoms with Crippen LogP contribution in [0.3, 0.4) is 0 Å². The summed E-state index contributed by atoms with van der Waals surface area (Å²) in [5.74, 6) is -0.366. The quantitative estimate of drug-likeness (QED) is 0.693. The standard InChI is InChI=1S/C13H17N3O4S/c14-21(19,20)11-4-1-9(2-5-11)7-16-13(18)10-3-6-12(17)15-8-10/h1-2,4-5,10H,3,6-8H2,(H,15,17)(H,16,18)(H2,14,19,20). The summed E-state index contributed by atoms with van der Waals surface area (Å²) >= 11 is 0. The van der Waals surface area contributed by atoms with Crippen LogP contribution in [0.1, 0.15) is 18.4 Å². The summed E-state index contributed by atoms with van der Waals surface area (Å²) in [7, 11) is -3.70. The third-order valence-electron chi connectivity index (χ3n) is 3.35. The lowest BCUT2D eigenvalue weighted by molar-refractivity contribution is -0.129. The zero-order valence-corrected chi connectivity index (χ0v) is 12.2. The van der Waals surface area contributed by atoms with E-state index in [4.69, 9.17) is 5.14 Å². The molecular formula is C13H17N3O4S.